The Kier molecular flexibility index (Phi) is 5.57. The fraction of sp³-hybridized carbons (Fsp3) is 0.217. The first kappa shape index (κ1) is 19.4. The second-order valence-corrected chi connectivity index (χ2v) is 7.11. The van der Waals surface area contributed by atoms with E-state index in [2.05, 4.69) is 11.1 Å². The zero-order valence-electron chi connectivity index (χ0n) is 16.4. The third-order valence-electron chi connectivity index (χ3n) is 5.22. The Bertz CT molecular complexity index is 1140. The molecule has 1 amide bonds. The number of rotatable bonds is 4. The van der Waals surface area contributed by atoms with Gasteiger partial charge in [-0.05, 0) is 29.8 Å². The van der Waals surface area contributed by atoms with Crippen molar-refractivity contribution in [2.75, 3.05) is 31.1 Å². The van der Waals surface area contributed by atoms with Gasteiger partial charge < -0.3 is 14.4 Å². The zero-order valence-corrected chi connectivity index (χ0v) is 16.4. The van der Waals surface area contributed by atoms with Gasteiger partial charge in [-0.1, -0.05) is 30.3 Å². The van der Waals surface area contributed by atoms with E-state index in [4.69, 9.17) is 0 Å². The molecule has 7 nitrogen and oxygen atoms in total. The molecule has 2 aromatic heterocycles. The number of benzene rings is 1. The summed E-state index contributed by atoms with van der Waals surface area (Å²) in [6.45, 7) is 2.47. The van der Waals surface area contributed by atoms with Gasteiger partial charge >= 0.3 is 0 Å². The highest BCUT2D eigenvalue weighted by molar-refractivity contribution is 5.94. The van der Waals surface area contributed by atoms with Crippen LogP contribution in [-0.4, -0.2) is 46.5 Å². The van der Waals surface area contributed by atoms with E-state index in [1.165, 1.54) is 0 Å². The van der Waals surface area contributed by atoms with Crippen molar-refractivity contribution in [2.24, 2.45) is 0 Å². The molecule has 30 heavy (non-hydrogen) atoms. The summed E-state index contributed by atoms with van der Waals surface area (Å²) in [6.07, 6.45) is 3.36. The van der Waals surface area contributed by atoms with Gasteiger partial charge in [0.2, 0.25) is 0 Å². The minimum atomic E-state index is -0.287. The average molecular weight is 399 g/mol. The van der Waals surface area contributed by atoms with Crippen LogP contribution < -0.4 is 10.5 Å². The molecule has 0 N–H and O–H groups in total. The highest BCUT2D eigenvalue weighted by atomic mass is 16.2. The number of nitrogens with zero attached hydrogens (tertiary/aromatic N) is 5. The van der Waals surface area contributed by atoms with Crippen LogP contribution in [0.1, 0.15) is 21.5 Å². The Balaban J connectivity index is 1.48. The molecule has 3 heterocycles. The lowest BCUT2D eigenvalue weighted by molar-refractivity contribution is 0.0744. The summed E-state index contributed by atoms with van der Waals surface area (Å²) in [7, 11) is 0. The second kappa shape index (κ2) is 8.62. The van der Waals surface area contributed by atoms with Crippen molar-refractivity contribution < 1.29 is 4.79 Å². The number of aromatic nitrogens is 2. The maximum absolute atomic E-state index is 13.0. The third kappa shape index (κ3) is 3.94. The average Bonchev–Trinajstić information content (AvgIpc) is 2.81. The lowest BCUT2D eigenvalue weighted by Crippen LogP contribution is -2.50. The van der Waals surface area contributed by atoms with Crippen LogP contribution in [0.15, 0.2) is 71.8 Å². The SMILES string of the molecule is N#Cc1cccnc1N1CCN(C(=O)c2cccn(Cc3ccccc3)c2=O)CC1. The number of piperazine rings is 1. The number of hydrogen-bond acceptors (Lipinski definition) is 5. The van der Waals surface area contributed by atoms with Crippen LogP contribution in [0.2, 0.25) is 0 Å². The first-order chi connectivity index (χ1) is 14.7. The summed E-state index contributed by atoms with van der Waals surface area (Å²) in [5, 5.41) is 9.28. The summed E-state index contributed by atoms with van der Waals surface area (Å²) in [6, 6.07) is 18.6. The van der Waals surface area contributed by atoms with Gasteiger partial charge in [0.15, 0.2) is 0 Å². The van der Waals surface area contributed by atoms with Crippen LogP contribution in [0.4, 0.5) is 5.82 Å². The Morgan fingerprint density at radius 3 is 2.50 bits per heavy atom. The van der Waals surface area contributed by atoms with Crippen LogP contribution in [-0.2, 0) is 6.54 Å². The van der Waals surface area contributed by atoms with Crippen molar-refractivity contribution >= 4 is 11.7 Å². The molecule has 0 bridgehead atoms. The highest BCUT2D eigenvalue weighted by Gasteiger charge is 2.25. The van der Waals surface area contributed by atoms with Gasteiger partial charge in [-0.3, -0.25) is 9.59 Å². The largest absolute Gasteiger partial charge is 0.352 e. The molecule has 0 aliphatic carbocycles. The lowest BCUT2D eigenvalue weighted by atomic mass is 10.2. The summed E-state index contributed by atoms with van der Waals surface area (Å²) in [5.41, 5.74) is 1.41. The van der Waals surface area contributed by atoms with E-state index in [0.29, 0.717) is 44.1 Å². The minimum Gasteiger partial charge on any atom is -0.352 e. The quantitative estimate of drug-likeness (QED) is 0.671. The topological polar surface area (TPSA) is 82.2 Å². The zero-order chi connectivity index (χ0) is 20.9. The Morgan fingerprint density at radius 1 is 1.00 bits per heavy atom. The Hall–Kier alpha value is -3.92. The van der Waals surface area contributed by atoms with Gasteiger partial charge in [-0.2, -0.15) is 5.26 Å². The molecule has 7 heteroatoms. The molecule has 1 fully saturated rings. The molecule has 0 radical (unpaired) electrons. The normalized spacial score (nSPS) is 13.7. The minimum absolute atomic E-state index is 0.178. The number of hydrogen-bond donors (Lipinski definition) is 0. The van der Waals surface area contributed by atoms with E-state index in [1.54, 1.807) is 46.1 Å². The van der Waals surface area contributed by atoms with Crippen molar-refractivity contribution in [2.45, 2.75) is 6.54 Å². The maximum atomic E-state index is 13.0. The lowest BCUT2D eigenvalue weighted by Gasteiger charge is -2.35. The monoisotopic (exact) mass is 399 g/mol. The van der Waals surface area contributed by atoms with Gasteiger partial charge in [0.25, 0.3) is 11.5 Å². The summed E-state index contributed by atoms with van der Waals surface area (Å²) < 4.78 is 1.56. The number of carbonyl (C=O) groups is 1. The van der Waals surface area contributed by atoms with Crippen molar-refractivity contribution in [1.82, 2.24) is 14.5 Å². The van der Waals surface area contributed by atoms with E-state index < -0.39 is 0 Å². The fourth-order valence-electron chi connectivity index (χ4n) is 3.63. The molecule has 1 aliphatic rings. The molecular formula is C23H21N5O2. The van der Waals surface area contributed by atoms with E-state index in [9.17, 15) is 14.9 Å². The van der Waals surface area contributed by atoms with Crippen LogP contribution in [0.3, 0.4) is 0 Å². The maximum Gasteiger partial charge on any atom is 0.263 e. The van der Waals surface area contributed by atoms with E-state index >= 15 is 0 Å². The van der Waals surface area contributed by atoms with Crippen LogP contribution >= 0.6 is 0 Å². The van der Waals surface area contributed by atoms with Gasteiger partial charge in [0.05, 0.1) is 12.1 Å². The number of anilines is 1. The molecule has 3 aromatic rings. The van der Waals surface area contributed by atoms with E-state index in [0.717, 1.165) is 5.56 Å². The molecule has 1 aliphatic heterocycles. The molecule has 0 saturated carbocycles. The number of amides is 1. The standard InChI is InChI=1S/C23H21N5O2/c24-16-19-8-4-10-25-21(19)26-12-14-27(15-13-26)22(29)20-9-5-11-28(23(20)30)17-18-6-2-1-3-7-18/h1-11H,12-15,17H2. The number of carbonyl (C=O) groups excluding carboxylic acids is 1. The molecule has 150 valence electrons. The first-order valence-corrected chi connectivity index (χ1v) is 9.80. The number of nitriles is 1. The molecule has 0 atom stereocenters. The molecule has 1 aromatic carbocycles. The predicted molar refractivity (Wildman–Crippen MR) is 113 cm³/mol. The summed E-state index contributed by atoms with van der Waals surface area (Å²) in [4.78, 5) is 33.9. The molecule has 1 saturated heterocycles. The molecule has 0 spiro atoms. The summed E-state index contributed by atoms with van der Waals surface area (Å²) in [5.74, 6) is 0.376. The first-order valence-electron chi connectivity index (χ1n) is 9.80. The smallest absolute Gasteiger partial charge is 0.263 e. The van der Waals surface area contributed by atoms with Gasteiger partial charge in [0, 0.05) is 38.6 Å². The van der Waals surface area contributed by atoms with E-state index in [-0.39, 0.29) is 17.0 Å². The van der Waals surface area contributed by atoms with Crippen LogP contribution in [0, 0.1) is 11.3 Å². The van der Waals surface area contributed by atoms with Crippen molar-refractivity contribution in [1.29, 1.82) is 5.26 Å². The molecule has 4 rings (SSSR count). The van der Waals surface area contributed by atoms with Gasteiger partial charge in [-0.25, -0.2) is 4.98 Å². The summed E-state index contributed by atoms with van der Waals surface area (Å²) >= 11 is 0. The van der Waals surface area contributed by atoms with Crippen molar-refractivity contribution in [3.63, 3.8) is 0 Å². The molecule has 0 unspecified atom stereocenters. The highest BCUT2D eigenvalue weighted by Crippen LogP contribution is 2.18. The number of pyridine rings is 2. The van der Waals surface area contributed by atoms with Crippen LogP contribution in [0.5, 0.6) is 0 Å². The van der Waals surface area contributed by atoms with Crippen LogP contribution in [0.25, 0.3) is 0 Å². The van der Waals surface area contributed by atoms with Crippen molar-refractivity contribution in [3.8, 4) is 6.07 Å². The molecular weight excluding hydrogens is 378 g/mol. The Morgan fingerprint density at radius 2 is 1.77 bits per heavy atom. The second-order valence-electron chi connectivity index (χ2n) is 7.11. The Labute approximate surface area is 174 Å². The van der Waals surface area contributed by atoms with E-state index in [1.807, 2.05) is 35.2 Å². The third-order valence-corrected chi connectivity index (χ3v) is 5.22. The predicted octanol–water partition coefficient (Wildman–Crippen LogP) is 2.13. The van der Waals surface area contributed by atoms with Crippen molar-refractivity contribution in [3.05, 3.63) is 94.0 Å². The fourth-order valence-corrected chi connectivity index (χ4v) is 3.63. The van der Waals surface area contributed by atoms with Gasteiger partial charge in [-0.15, -0.1) is 0 Å². The van der Waals surface area contributed by atoms with Gasteiger partial charge in [0.1, 0.15) is 17.5 Å².